The zero-order valence-corrected chi connectivity index (χ0v) is 11.0. The molecule has 0 saturated carbocycles. The maximum Gasteiger partial charge on any atom is 0.226 e. The Morgan fingerprint density at radius 2 is 2.18 bits per heavy atom. The van der Waals surface area contributed by atoms with Crippen LogP contribution in [0.15, 0.2) is 4.52 Å². The molecule has 6 heteroatoms. The summed E-state index contributed by atoms with van der Waals surface area (Å²) in [5, 5.41) is 3.89. The SMILES string of the molecule is COC(C)CCc1nc(C(N)CN(C)C)no1. The van der Waals surface area contributed by atoms with Crippen LogP contribution in [0.3, 0.4) is 0 Å². The molecule has 0 radical (unpaired) electrons. The Morgan fingerprint density at radius 1 is 1.47 bits per heavy atom. The van der Waals surface area contributed by atoms with Gasteiger partial charge in [-0.1, -0.05) is 5.16 Å². The van der Waals surface area contributed by atoms with Gasteiger partial charge >= 0.3 is 0 Å². The monoisotopic (exact) mass is 242 g/mol. The molecule has 17 heavy (non-hydrogen) atoms. The Labute approximate surface area is 102 Å². The van der Waals surface area contributed by atoms with Gasteiger partial charge in [0.1, 0.15) is 0 Å². The molecule has 6 nitrogen and oxygen atoms in total. The van der Waals surface area contributed by atoms with Gasteiger partial charge in [0.25, 0.3) is 0 Å². The van der Waals surface area contributed by atoms with Crippen LogP contribution in [0, 0.1) is 0 Å². The van der Waals surface area contributed by atoms with Crippen LogP contribution in [0.5, 0.6) is 0 Å². The molecule has 1 heterocycles. The fraction of sp³-hybridized carbons (Fsp3) is 0.818. The molecular weight excluding hydrogens is 220 g/mol. The quantitative estimate of drug-likeness (QED) is 0.754. The number of nitrogens with zero attached hydrogens (tertiary/aromatic N) is 3. The number of likely N-dealkylation sites (N-methyl/N-ethyl adjacent to an activating group) is 1. The molecule has 0 aliphatic carbocycles. The highest BCUT2D eigenvalue weighted by molar-refractivity contribution is 4.94. The first-order valence-electron chi connectivity index (χ1n) is 5.78. The second-order valence-electron chi connectivity index (χ2n) is 4.50. The van der Waals surface area contributed by atoms with Crippen molar-refractivity contribution < 1.29 is 9.26 Å². The summed E-state index contributed by atoms with van der Waals surface area (Å²) in [6.45, 7) is 2.71. The zero-order chi connectivity index (χ0) is 12.8. The Hall–Kier alpha value is -0.980. The van der Waals surface area contributed by atoms with E-state index in [1.807, 2.05) is 25.9 Å². The topological polar surface area (TPSA) is 77.4 Å². The molecule has 0 bridgehead atoms. The van der Waals surface area contributed by atoms with E-state index in [1.54, 1.807) is 7.11 Å². The van der Waals surface area contributed by atoms with E-state index in [1.165, 1.54) is 0 Å². The first-order valence-corrected chi connectivity index (χ1v) is 5.78. The van der Waals surface area contributed by atoms with Crippen molar-refractivity contribution in [1.82, 2.24) is 15.0 Å². The highest BCUT2D eigenvalue weighted by atomic mass is 16.5. The lowest BCUT2D eigenvalue weighted by Crippen LogP contribution is -2.26. The fourth-order valence-corrected chi connectivity index (χ4v) is 1.44. The number of rotatable bonds is 7. The number of aryl methyl sites for hydroxylation is 1. The summed E-state index contributed by atoms with van der Waals surface area (Å²) < 4.78 is 10.3. The third-order valence-electron chi connectivity index (χ3n) is 2.54. The molecule has 0 spiro atoms. The van der Waals surface area contributed by atoms with Crippen molar-refractivity contribution in [3.05, 3.63) is 11.7 Å². The van der Waals surface area contributed by atoms with Crippen molar-refractivity contribution >= 4 is 0 Å². The normalized spacial score (nSPS) is 15.2. The number of aromatic nitrogens is 2. The van der Waals surface area contributed by atoms with E-state index < -0.39 is 0 Å². The molecular formula is C11H22N4O2. The maximum absolute atomic E-state index is 5.94. The minimum atomic E-state index is -0.206. The van der Waals surface area contributed by atoms with E-state index in [0.29, 0.717) is 18.3 Å². The van der Waals surface area contributed by atoms with Gasteiger partial charge in [-0.15, -0.1) is 0 Å². The van der Waals surface area contributed by atoms with Crippen LogP contribution in [0.1, 0.15) is 31.1 Å². The van der Waals surface area contributed by atoms with E-state index >= 15 is 0 Å². The van der Waals surface area contributed by atoms with Crippen molar-refractivity contribution in [2.75, 3.05) is 27.7 Å². The van der Waals surface area contributed by atoms with Crippen LogP contribution >= 0.6 is 0 Å². The van der Waals surface area contributed by atoms with E-state index in [-0.39, 0.29) is 12.1 Å². The first-order chi connectivity index (χ1) is 8.02. The summed E-state index contributed by atoms with van der Waals surface area (Å²) in [7, 11) is 5.61. The highest BCUT2D eigenvalue weighted by Crippen LogP contribution is 2.09. The van der Waals surface area contributed by atoms with Crippen LogP contribution in [-0.4, -0.2) is 48.9 Å². The lowest BCUT2D eigenvalue weighted by molar-refractivity contribution is 0.109. The second kappa shape index (κ2) is 6.68. The van der Waals surface area contributed by atoms with E-state index in [4.69, 9.17) is 15.0 Å². The molecule has 2 atom stereocenters. The van der Waals surface area contributed by atoms with Crippen molar-refractivity contribution in [2.24, 2.45) is 5.73 Å². The van der Waals surface area contributed by atoms with Gasteiger partial charge in [-0.25, -0.2) is 0 Å². The average molecular weight is 242 g/mol. The molecule has 98 valence electrons. The summed E-state index contributed by atoms with van der Waals surface area (Å²) in [5.74, 6) is 1.19. The number of hydrogen-bond donors (Lipinski definition) is 1. The highest BCUT2D eigenvalue weighted by Gasteiger charge is 2.15. The van der Waals surface area contributed by atoms with Gasteiger partial charge in [-0.2, -0.15) is 4.98 Å². The number of methoxy groups -OCH3 is 1. The Bertz CT molecular complexity index is 327. The molecule has 0 saturated heterocycles. The van der Waals surface area contributed by atoms with Crippen LogP contribution in [-0.2, 0) is 11.2 Å². The van der Waals surface area contributed by atoms with Crippen molar-refractivity contribution in [3.63, 3.8) is 0 Å². The molecule has 1 aromatic heterocycles. The Balaban J connectivity index is 2.47. The fourth-order valence-electron chi connectivity index (χ4n) is 1.44. The molecule has 0 amide bonds. The van der Waals surface area contributed by atoms with Gasteiger partial charge < -0.3 is 19.9 Å². The average Bonchev–Trinajstić information content (AvgIpc) is 2.73. The zero-order valence-electron chi connectivity index (χ0n) is 11.0. The molecule has 0 aromatic carbocycles. The second-order valence-corrected chi connectivity index (χ2v) is 4.50. The molecule has 0 aliphatic heterocycles. The molecule has 0 aliphatic rings. The Morgan fingerprint density at radius 3 is 2.76 bits per heavy atom. The lowest BCUT2D eigenvalue weighted by Gasteiger charge is -2.12. The van der Waals surface area contributed by atoms with Crippen LogP contribution < -0.4 is 5.73 Å². The van der Waals surface area contributed by atoms with Gasteiger partial charge in [0.15, 0.2) is 5.82 Å². The number of ether oxygens (including phenoxy) is 1. The predicted octanol–water partition coefficient (Wildman–Crippen LogP) is 0.599. The minimum absolute atomic E-state index is 0.195. The largest absolute Gasteiger partial charge is 0.382 e. The third-order valence-corrected chi connectivity index (χ3v) is 2.54. The van der Waals surface area contributed by atoms with Gasteiger partial charge in [0, 0.05) is 20.1 Å². The summed E-state index contributed by atoms with van der Waals surface area (Å²) in [4.78, 5) is 6.28. The molecule has 1 aromatic rings. The van der Waals surface area contributed by atoms with Crippen LogP contribution in [0.25, 0.3) is 0 Å². The maximum atomic E-state index is 5.94. The summed E-state index contributed by atoms with van der Waals surface area (Å²) in [6.07, 6.45) is 1.78. The van der Waals surface area contributed by atoms with Crippen molar-refractivity contribution in [2.45, 2.75) is 31.9 Å². The number of hydrogen-bond acceptors (Lipinski definition) is 6. The lowest BCUT2D eigenvalue weighted by atomic mass is 10.2. The van der Waals surface area contributed by atoms with E-state index in [2.05, 4.69) is 10.1 Å². The Kier molecular flexibility index (Phi) is 5.54. The first kappa shape index (κ1) is 14.1. The van der Waals surface area contributed by atoms with Gasteiger partial charge in [0.05, 0.1) is 12.1 Å². The van der Waals surface area contributed by atoms with Gasteiger partial charge in [-0.05, 0) is 27.4 Å². The molecule has 0 fully saturated rings. The smallest absolute Gasteiger partial charge is 0.226 e. The molecule has 2 N–H and O–H groups in total. The molecule has 1 rings (SSSR count). The van der Waals surface area contributed by atoms with E-state index in [0.717, 1.165) is 12.8 Å². The van der Waals surface area contributed by atoms with Crippen LogP contribution in [0.2, 0.25) is 0 Å². The standard InChI is InChI=1S/C11H22N4O2/c1-8(16-4)5-6-10-13-11(14-17-10)9(12)7-15(2)3/h8-9H,5-7,12H2,1-4H3. The van der Waals surface area contributed by atoms with Gasteiger partial charge in [0.2, 0.25) is 5.89 Å². The van der Waals surface area contributed by atoms with Crippen LogP contribution in [0.4, 0.5) is 0 Å². The summed E-state index contributed by atoms with van der Waals surface area (Å²) >= 11 is 0. The third kappa shape index (κ3) is 4.80. The van der Waals surface area contributed by atoms with Crippen molar-refractivity contribution in [1.29, 1.82) is 0 Å². The van der Waals surface area contributed by atoms with E-state index in [9.17, 15) is 0 Å². The minimum Gasteiger partial charge on any atom is -0.382 e. The summed E-state index contributed by atoms with van der Waals surface area (Å²) in [6, 6.07) is -0.206. The number of nitrogens with two attached hydrogens (primary N) is 1. The predicted molar refractivity (Wildman–Crippen MR) is 64.6 cm³/mol. The van der Waals surface area contributed by atoms with Gasteiger partial charge in [-0.3, -0.25) is 0 Å². The van der Waals surface area contributed by atoms with Crippen molar-refractivity contribution in [3.8, 4) is 0 Å². The summed E-state index contributed by atoms with van der Waals surface area (Å²) in [5.41, 5.74) is 5.94. The molecule has 2 unspecified atom stereocenters.